The molecule has 19 heavy (non-hydrogen) atoms. The molecule has 0 N–H and O–H groups in total. The summed E-state index contributed by atoms with van der Waals surface area (Å²) >= 11 is 0. The van der Waals surface area contributed by atoms with Crippen LogP contribution >= 0.6 is 0 Å². The molecule has 7 heteroatoms. The first-order valence-electron chi connectivity index (χ1n) is 6.52. The van der Waals surface area contributed by atoms with Crippen molar-refractivity contribution in [3.63, 3.8) is 0 Å². The molecule has 0 saturated carbocycles. The fourth-order valence-electron chi connectivity index (χ4n) is 1.85. The fourth-order valence-corrected chi connectivity index (χ4v) is 3.56. The van der Waals surface area contributed by atoms with Crippen LogP contribution in [0, 0.1) is 0 Å². The Morgan fingerprint density at radius 3 is 2.05 bits per heavy atom. The van der Waals surface area contributed by atoms with Gasteiger partial charge in [-0.25, -0.2) is 0 Å². The van der Waals surface area contributed by atoms with Gasteiger partial charge in [0.15, 0.2) is 0 Å². The molecule has 0 saturated heterocycles. The van der Waals surface area contributed by atoms with Gasteiger partial charge >= 0.3 is 14.8 Å². The molecule has 0 amide bonds. The van der Waals surface area contributed by atoms with Crippen LogP contribution in [0.4, 0.5) is 0 Å². The van der Waals surface area contributed by atoms with Gasteiger partial charge in [0.25, 0.3) is 0 Å². The second-order valence-corrected chi connectivity index (χ2v) is 7.25. The number of nitrogens with zero attached hydrogens (tertiary/aromatic N) is 1. The lowest BCUT2D eigenvalue weighted by atomic mass is 10.3. The molecule has 0 aromatic rings. The number of ether oxygens (including phenoxy) is 1. The molecule has 6 nitrogen and oxygen atoms in total. The second-order valence-electron chi connectivity index (χ2n) is 4.16. The highest BCUT2D eigenvalue weighted by molar-refractivity contribution is 6.60. The van der Waals surface area contributed by atoms with Crippen LogP contribution in [0.2, 0.25) is 6.04 Å². The average Bonchev–Trinajstić information content (AvgIpc) is 2.47. The van der Waals surface area contributed by atoms with E-state index in [2.05, 4.69) is 16.6 Å². The van der Waals surface area contributed by atoms with E-state index in [1.807, 2.05) is 0 Å². The molecule has 0 heterocycles. The summed E-state index contributed by atoms with van der Waals surface area (Å²) in [5.74, 6) is -0.173. The first-order valence-corrected chi connectivity index (χ1v) is 8.45. The number of hydrogen-bond donors (Lipinski definition) is 0. The Hall–Kier alpha value is -0.473. The van der Waals surface area contributed by atoms with Gasteiger partial charge in [-0.1, -0.05) is 6.92 Å². The van der Waals surface area contributed by atoms with E-state index in [9.17, 15) is 4.79 Å². The van der Waals surface area contributed by atoms with Gasteiger partial charge in [0, 0.05) is 33.9 Å². The Morgan fingerprint density at radius 2 is 1.63 bits per heavy atom. The number of carbonyl (C=O) groups excluding carboxylic acids is 1. The quantitative estimate of drug-likeness (QED) is 0.420. The normalized spacial score (nSPS) is 11.9. The summed E-state index contributed by atoms with van der Waals surface area (Å²) in [5, 5.41) is 0. The van der Waals surface area contributed by atoms with Crippen molar-refractivity contribution in [3.8, 4) is 0 Å². The van der Waals surface area contributed by atoms with Gasteiger partial charge < -0.3 is 22.9 Å². The van der Waals surface area contributed by atoms with E-state index in [1.54, 1.807) is 21.3 Å². The monoisotopic (exact) mass is 293 g/mol. The fraction of sp³-hybridized carbons (Fsp3) is 0.917. The first-order chi connectivity index (χ1) is 9.07. The molecule has 0 aliphatic carbocycles. The van der Waals surface area contributed by atoms with Crippen molar-refractivity contribution >= 4 is 14.8 Å². The van der Waals surface area contributed by atoms with Crippen LogP contribution in [0.1, 0.15) is 19.8 Å². The molecule has 0 rings (SSSR count). The molecule has 0 aromatic heterocycles. The van der Waals surface area contributed by atoms with Gasteiger partial charge in [-0.05, 0) is 19.5 Å². The van der Waals surface area contributed by atoms with Crippen molar-refractivity contribution in [1.29, 1.82) is 0 Å². The van der Waals surface area contributed by atoms with E-state index in [0.717, 1.165) is 25.6 Å². The highest BCUT2D eigenvalue weighted by Gasteiger charge is 2.36. The van der Waals surface area contributed by atoms with Crippen molar-refractivity contribution in [1.82, 2.24) is 4.90 Å². The van der Waals surface area contributed by atoms with E-state index in [1.165, 1.54) is 7.11 Å². The van der Waals surface area contributed by atoms with E-state index >= 15 is 0 Å². The van der Waals surface area contributed by atoms with Crippen molar-refractivity contribution in [3.05, 3.63) is 0 Å². The predicted molar refractivity (Wildman–Crippen MR) is 75.0 cm³/mol. The Bertz CT molecular complexity index is 240. The number of esters is 1. The maximum Gasteiger partial charge on any atom is 0.500 e. The number of carbonyl (C=O) groups is 1. The van der Waals surface area contributed by atoms with Crippen LogP contribution in [0.15, 0.2) is 0 Å². The maximum absolute atomic E-state index is 11.1. The predicted octanol–water partition coefficient (Wildman–Crippen LogP) is 1.14. The van der Waals surface area contributed by atoms with Crippen LogP contribution in [0.5, 0.6) is 0 Å². The SMILES string of the molecule is CCN(CCC[Si](OC)(OC)OC)CCC(=O)OC. The van der Waals surface area contributed by atoms with Gasteiger partial charge in [0.2, 0.25) is 0 Å². The number of methoxy groups -OCH3 is 1. The zero-order valence-electron chi connectivity index (χ0n) is 12.7. The van der Waals surface area contributed by atoms with Crippen LogP contribution in [0.3, 0.4) is 0 Å². The molecule has 0 radical (unpaired) electrons. The van der Waals surface area contributed by atoms with E-state index in [-0.39, 0.29) is 5.97 Å². The van der Waals surface area contributed by atoms with Crippen molar-refractivity contribution in [2.75, 3.05) is 48.1 Å². The maximum atomic E-state index is 11.1. The standard InChI is InChI=1S/C12H27NO5Si/c1-6-13(10-8-12(14)15-2)9-7-11-19(16-3,17-4)18-5/h6-11H2,1-5H3. The molecule has 0 bridgehead atoms. The molecule has 0 unspecified atom stereocenters. The third kappa shape index (κ3) is 7.02. The zero-order chi connectivity index (χ0) is 14.7. The molecular weight excluding hydrogens is 266 g/mol. The molecule has 0 spiro atoms. The highest BCUT2D eigenvalue weighted by Crippen LogP contribution is 2.15. The summed E-state index contributed by atoms with van der Waals surface area (Å²) in [5.41, 5.74) is 0. The topological polar surface area (TPSA) is 57.2 Å². The van der Waals surface area contributed by atoms with E-state index in [0.29, 0.717) is 13.0 Å². The third-order valence-electron chi connectivity index (χ3n) is 3.20. The van der Waals surface area contributed by atoms with Crippen LogP contribution in [0.25, 0.3) is 0 Å². The Labute approximate surface area is 117 Å². The van der Waals surface area contributed by atoms with Gasteiger partial charge in [0.05, 0.1) is 13.5 Å². The summed E-state index contributed by atoms with van der Waals surface area (Å²) in [6.07, 6.45) is 1.34. The molecule has 0 fully saturated rings. The van der Waals surface area contributed by atoms with Crippen LogP contribution in [-0.2, 0) is 22.8 Å². The number of rotatable bonds is 11. The van der Waals surface area contributed by atoms with E-state index < -0.39 is 8.80 Å². The Morgan fingerprint density at radius 1 is 1.05 bits per heavy atom. The number of hydrogen-bond acceptors (Lipinski definition) is 6. The summed E-state index contributed by atoms with van der Waals surface area (Å²) in [6.45, 7) is 4.58. The summed E-state index contributed by atoms with van der Waals surface area (Å²) in [6, 6.07) is 0.769. The lowest BCUT2D eigenvalue weighted by Crippen LogP contribution is -2.43. The summed E-state index contributed by atoms with van der Waals surface area (Å²) in [4.78, 5) is 13.3. The van der Waals surface area contributed by atoms with Gasteiger partial charge in [-0.2, -0.15) is 0 Å². The molecular formula is C12H27NO5Si. The van der Waals surface area contributed by atoms with Gasteiger partial charge in [-0.15, -0.1) is 0 Å². The lowest BCUT2D eigenvalue weighted by molar-refractivity contribution is -0.140. The zero-order valence-corrected chi connectivity index (χ0v) is 13.7. The Kier molecular flexibility index (Phi) is 10.1. The lowest BCUT2D eigenvalue weighted by Gasteiger charge is -2.26. The minimum absolute atomic E-state index is 0.173. The summed E-state index contributed by atoms with van der Waals surface area (Å²) < 4.78 is 20.7. The van der Waals surface area contributed by atoms with Crippen molar-refractivity contribution in [2.24, 2.45) is 0 Å². The minimum Gasteiger partial charge on any atom is -0.469 e. The smallest absolute Gasteiger partial charge is 0.469 e. The third-order valence-corrected chi connectivity index (χ3v) is 6.03. The summed E-state index contributed by atoms with van der Waals surface area (Å²) in [7, 11) is 3.80. The molecule has 0 aliphatic rings. The first kappa shape index (κ1) is 18.5. The highest BCUT2D eigenvalue weighted by atomic mass is 28.4. The molecule has 114 valence electrons. The van der Waals surface area contributed by atoms with Crippen molar-refractivity contribution in [2.45, 2.75) is 25.8 Å². The van der Waals surface area contributed by atoms with Crippen molar-refractivity contribution < 1.29 is 22.8 Å². The average molecular weight is 293 g/mol. The Balaban J connectivity index is 4.03. The molecule has 0 aliphatic heterocycles. The van der Waals surface area contributed by atoms with Crippen LogP contribution < -0.4 is 0 Å². The second kappa shape index (κ2) is 10.3. The van der Waals surface area contributed by atoms with Crippen LogP contribution in [-0.4, -0.2) is 67.7 Å². The molecule has 0 aromatic carbocycles. The van der Waals surface area contributed by atoms with Gasteiger partial charge in [0.1, 0.15) is 0 Å². The minimum atomic E-state index is -2.47. The van der Waals surface area contributed by atoms with E-state index in [4.69, 9.17) is 13.3 Å². The van der Waals surface area contributed by atoms with Gasteiger partial charge in [-0.3, -0.25) is 4.79 Å². The largest absolute Gasteiger partial charge is 0.500 e. The molecule has 0 atom stereocenters.